The Labute approximate surface area is 182 Å². The monoisotopic (exact) mass is 441 g/mol. The van der Waals surface area contributed by atoms with Gasteiger partial charge in [-0.25, -0.2) is 4.68 Å². The molecule has 1 fully saturated rings. The van der Waals surface area contributed by atoms with Crippen LogP contribution in [0.25, 0.3) is 16.6 Å². The fraction of sp³-hybridized carbons (Fsp3) is 0.190. The highest BCUT2D eigenvalue weighted by atomic mass is 35.5. The van der Waals surface area contributed by atoms with Crippen molar-refractivity contribution in [3.05, 3.63) is 64.5 Å². The van der Waals surface area contributed by atoms with Gasteiger partial charge in [0.05, 0.1) is 4.88 Å². The maximum atomic E-state index is 12.6. The van der Waals surface area contributed by atoms with Crippen LogP contribution in [0.5, 0.6) is 0 Å². The zero-order valence-electron chi connectivity index (χ0n) is 16.1. The van der Waals surface area contributed by atoms with Gasteiger partial charge >= 0.3 is 0 Å². The first-order valence-electron chi connectivity index (χ1n) is 9.42. The zero-order valence-corrected chi connectivity index (χ0v) is 17.7. The second-order valence-corrected chi connectivity index (χ2v) is 8.28. The van der Waals surface area contributed by atoms with E-state index < -0.39 is 6.29 Å². The van der Waals surface area contributed by atoms with Crippen LogP contribution in [0.1, 0.15) is 25.2 Å². The Hall–Kier alpha value is -2.94. The third kappa shape index (κ3) is 4.62. The molecule has 154 valence electrons. The quantitative estimate of drug-likeness (QED) is 0.524. The fourth-order valence-electron chi connectivity index (χ4n) is 3.16. The summed E-state index contributed by atoms with van der Waals surface area (Å²) < 4.78 is 1.59. The van der Waals surface area contributed by atoms with Crippen molar-refractivity contribution >= 4 is 46.6 Å². The smallest absolute Gasteiger partial charge is 0.249 e. The Morgan fingerprint density at radius 1 is 1.33 bits per heavy atom. The predicted molar refractivity (Wildman–Crippen MR) is 119 cm³/mol. The lowest BCUT2D eigenvalue weighted by molar-refractivity contribution is -0.125. The number of rotatable bonds is 5. The lowest BCUT2D eigenvalue weighted by Gasteiger charge is -2.30. The van der Waals surface area contributed by atoms with Gasteiger partial charge in [0.25, 0.3) is 0 Å². The van der Waals surface area contributed by atoms with Crippen LogP contribution in [0, 0.1) is 0 Å². The highest BCUT2D eigenvalue weighted by Crippen LogP contribution is 2.28. The molecular weight excluding hydrogens is 422 g/mol. The molecule has 3 aromatic rings. The molecule has 1 aliphatic heterocycles. The molecule has 0 saturated carbocycles. The zero-order chi connectivity index (χ0) is 21.1. The fourth-order valence-corrected chi connectivity index (χ4v) is 4.04. The van der Waals surface area contributed by atoms with Gasteiger partial charge in [0.2, 0.25) is 11.8 Å². The number of hydrogen-bond acceptors (Lipinski definition) is 5. The van der Waals surface area contributed by atoms with Crippen molar-refractivity contribution in [2.24, 2.45) is 0 Å². The summed E-state index contributed by atoms with van der Waals surface area (Å²) >= 11 is 7.69. The van der Waals surface area contributed by atoms with Crippen molar-refractivity contribution in [1.82, 2.24) is 20.4 Å². The first-order chi connectivity index (χ1) is 14.5. The van der Waals surface area contributed by atoms with Crippen molar-refractivity contribution < 1.29 is 9.59 Å². The third-order valence-electron chi connectivity index (χ3n) is 4.56. The van der Waals surface area contributed by atoms with Crippen LogP contribution in [-0.4, -0.2) is 27.6 Å². The van der Waals surface area contributed by atoms with Gasteiger partial charge in [0.15, 0.2) is 6.29 Å². The summed E-state index contributed by atoms with van der Waals surface area (Å²) in [6, 6.07) is 12.9. The molecule has 3 N–H and O–H groups in total. The summed E-state index contributed by atoms with van der Waals surface area (Å²) in [7, 11) is 0. The van der Waals surface area contributed by atoms with Crippen molar-refractivity contribution in [2.75, 3.05) is 5.32 Å². The van der Waals surface area contributed by atoms with Crippen molar-refractivity contribution in [1.29, 1.82) is 0 Å². The van der Waals surface area contributed by atoms with E-state index >= 15 is 0 Å². The van der Waals surface area contributed by atoms with E-state index in [-0.39, 0.29) is 17.9 Å². The summed E-state index contributed by atoms with van der Waals surface area (Å²) in [6.07, 6.45) is 2.90. The Morgan fingerprint density at radius 2 is 2.17 bits per heavy atom. The van der Waals surface area contributed by atoms with Crippen LogP contribution >= 0.6 is 22.9 Å². The number of carbonyl (C=O) groups is 2. The number of hydrogen-bond donors (Lipinski definition) is 3. The van der Waals surface area contributed by atoms with E-state index in [2.05, 4.69) is 21.0 Å². The molecule has 1 aliphatic rings. The van der Waals surface area contributed by atoms with Gasteiger partial charge in [0.1, 0.15) is 11.5 Å². The summed E-state index contributed by atoms with van der Waals surface area (Å²) in [5, 5.41) is 16.2. The van der Waals surface area contributed by atoms with Gasteiger partial charge in [0, 0.05) is 29.6 Å². The Bertz CT molecular complexity index is 1090. The van der Waals surface area contributed by atoms with Crippen LogP contribution in [0.15, 0.2) is 53.9 Å². The molecule has 1 aromatic carbocycles. The van der Waals surface area contributed by atoms with Gasteiger partial charge in [-0.3, -0.25) is 14.9 Å². The average molecular weight is 442 g/mol. The van der Waals surface area contributed by atoms with Crippen LogP contribution < -0.4 is 16.0 Å². The highest BCUT2D eigenvalue weighted by molar-refractivity contribution is 7.13. The summed E-state index contributed by atoms with van der Waals surface area (Å²) in [4.78, 5) is 25.5. The third-order valence-corrected chi connectivity index (χ3v) is 5.79. The summed E-state index contributed by atoms with van der Waals surface area (Å²) in [5.41, 5.74) is 1.46. The lowest BCUT2D eigenvalue weighted by atomic mass is 10.2. The van der Waals surface area contributed by atoms with Gasteiger partial charge in [-0.2, -0.15) is 5.10 Å². The predicted octanol–water partition coefficient (Wildman–Crippen LogP) is 3.87. The molecule has 2 unspecified atom stereocenters. The summed E-state index contributed by atoms with van der Waals surface area (Å²) in [5.74, 6) is 0.0680. The largest absolute Gasteiger partial charge is 0.322 e. The maximum absolute atomic E-state index is 12.6. The Kier molecular flexibility index (Phi) is 5.98. The molecule has 2 aromatic heterocycles. The molecule has 0 spiro atoms. The number of nitrogens with one attached hydrogen (secondary N) is 3. The average Bonchev–Trinajstić information content (AvgIpc) is 3.36. The van der Waals surface area contributed by atoms with E-state index in [1.807, 2.05) is 42.6 Å². The molecule has 0 aliphatic carbocycles. The Balaban J connectivity index is 1.60. The van der Waals surface area contributed by atoms with Gasteiger partial charge < -0.3 is 10.6 Å². The molecule has 7 nitrogen and oxygen atoms in total. The number of nitrogens with zero attached hydrogens (tertiary/aromatic N) is 2. The molecule has 4 rings (SSSR count). The van der Waals surface area contributed by atoms with Crippen LogP contribution in [0.3, 0.4) is 0 Å². The van der Waals surface area contributed by atoms with E-state index in [4.69, 9.17) is 11.6 Å². The minimum absolute atomic E-state index is 0.0122. The molecule has 9 heteroatoms. The number of benzene rings is 1. The first kappa shape index (κ1) is 20.3. The maximum Gasteiger partial charge on any atom is 0.249 e. The van der Waals surface area contributed by atoms with Gasteiger partial charge in [-0.05, 0) is 36.1 Å². The molecule has 2 atom stereocenters. The van der Waals surface area contributed by atoms with Crippen molar-refractivity contribution in [3.63, 3.8) is 0 Å². The van der Waals surface area contributed by atoms with Crippen LogP contribution in [0.2, 0.25) is 5.02 Å². The normalized spacial score (nSPS) is 19.1. The van der Waals surface area contributed by atoms with Crippen molar-refractivity contribution in [3.8, 4) is 10.6 Å². The van der Waals surface area contributed by atoms with Gasteiger partial charge in [-0.1, -0.05) is 35.9 Å². The molecule has 1 saturated heterocycles. The number of anilines is 1. The van der Waals surface area contributed by atoms with E-state index in [0.717, 1.165) is 10.4 Å². The van der Waals surface area contributed by atoms with Crippen LogP contribution in [-0.2, 0) is 9.59 Å². The van der Waals surface area contributed by atoms with Gasteiger partial charge in [-0.15, -0.1) is 11.3 Å². The highest BCUT2D eigenvalue weighted by Gasteiger charge is 2.27. The molecule has 0 radical (unpaired) electrons. The van der Waals surface area contributed by atoms with E-state index in [9.17, 15) is 9.59 Å². The number of carbonyl (C=O) groups excluding carboxylic acids is 2. The van der Waals surface area contributed by atoms with E-state index in [1.54, 1.807) is 34.2 Å². The first-order valence-corrected chi connectivity index (χ1v) is 10.7. The SMILES string of the molecule is CC1CC(=O)NC(n2nc(-c3cccs3)cc2NC(=O)/C=C/c2ccccc2Cl)N1. The minimum Gasteiger partial charge on any atom is -0.322 e. The molecule has 30 heavy (non-hydrogen) atoms. The standard InChI is InChI=1S/C21H20ClN5O2S/c1-13-11-20(29)25-21(23-13)27-18(12-16(26-27)17-7-4-10-30-17)24-19(28)9-8-14-5-2-3-6-15(14)22/h2-10,12-13,21,23H,11H2,1H3,(H,24,28)(H,25,29)/b9-8+. The summed E-state index contributed by atoms with van der Waals surface area (Å²) in [6.45, 7) is 1.93. The number of halogens is 1. The van der Waals surface area contributed by atoms with Crippen molar-refractivity contribution in [2.45, 2.75) is 25.7 Å². The lowest BCUT2D eigenvalue weighted by Crippen LogP contribution is -2.52. The number of thiophene rings is 1. The molecule has 0 bridgehead atoms. The molecular formula is C21H20ClN5O2S. The molecule has 2 amide bonds. The topological polar surface area (TPSA) is 88.1 Å². The minimum atomic E-state index is -0.558. The van der Waals surface area contributed by atoms with Crippen LogP contribution in [0.4, 0.5) is 5.82 Å². The van der Waals surface area contributed by atoms with E-state index in [0.29, 0.717) is 23.0 Å². The molecule has 3 heterocycles. The van der Waals surface area contributed by atoms with E-state index in [1.165, 1.54) is 6.08 Å². The second-order valence-electron chi connectivity index (χ2n) is 6.92. The second kappa shape index (κ2) is 8.83. The number of aromatic nitrogens is 2. The Morgan fingerprint density at radius 3 is 2.90 bits per heavy atom. The number of amides is 2.